The Bertz CT molecular complexity index is 425. The summed E-state index contributed by atoms with van der Waals surface area (Å²) in [6.07, 6.45) is 2.57. The van der Waals surface area contributed by atoms with Crippen LogP contribution in [0.15, 0.2) is 18.2 Å². The van der Waals surface area contributed by atoms with Crippen molar-refractivity contribution in [2.24, 2.45) is 0 Å². The molecule has 1 saturated heterocycles. The van der Waals surface area contributed by atoms with Gasteiger partial charge in [0.05, 0.1) is 0 Å². The molecular weight excluding hydrogens is 226 g/mol. The number of anilines is 1. The van der Waals surface area contributed by atoms with Crippen molar-refractivity contribution in [1.29, 1.82) is 0 Å². The fourth-order valence-corrected chi connectivity index (χ4v) is 2.37. The standard InChI is InChI=1S/C14H21N3O/c1-11-10-12(15)4-5-13(11)14(18)16-6-9-17-7-2-3-8-17/h4-5,10H,2-3,6-9,15H2,1H3,(H,16,18). The molecule has 0 aliphatic carbocycles. The number of nitrogens with two attached hydrogens (primary N) is 1. The number of nitrogen functional groups attached to an aromatic ring is 1. The second-order valence-corrected chi connectivity index (χ2v) is 4.88. The smallest absolute Gasteiger partial charge is 0.251 e. The molecule has 1 heterocycles. The first-order chi connectivity index (χ1) is 8.66. The van der Waals surface area contributed by atoms with Crippen LogP contribution >= 0.6 is 0 Å². The summed E-state index contributed by atoms with van der Waals surface area (Å²) in [5.74, 6) is -0.00769. The number of carbonyl (C=O) groups excluding carboxylic acids is 1. The summed E-state index contributed by atoms with van der Waals surface area (Å²) in [5, 5.41) is 2.96. The second-order valence-electron chi connectivity index (χ2n) is 4.88. The van der Waals surface area contributed by atoms with Crippen LogP contribution in [-0.4, -0.2) is 37.0 Å². The molecule has 1 fully saturated rings. The molecule has 1 aliphatic heterocycles. The van der Waals surface area contributed by atoms with E-state index in [2.05, 4.69) is 10.2 Å². The Kier molecular flexibility index (Phi) is 4.20. The van der Waals surface area contributed by atoms with E-state index in [1.165, 1.54) is 12.8 Å². The average Bonchev–Trinajstić information content (AvgIpc) is 2.81. The van der Waals surface area contributed by atoms with Gasteiger partial charge in [-0.25, -0.2) is 0 Å². The van der Waals surface area contributed by atoms with Crippen molar-refractivity contribution in [3.05, 3.63) is 29.3 Å². The highest BCUT2D eigenvalue weighted by molar-refractivity contribution is 5.95. The lowest BCUT2D eigenvalue weighted by molar-refractivity contribution is 0.0949. The van der Waals surface area contributed by atoms with Crippen LogP contribution in [0.2, 0.25) is 0 Å². The number of nitrogens with one attached hydrogen (secondary N) is 1. The van der Waals surface area contributed by atoms with Crippen LogP contribution in [0, 0.1) is 6.92 Å². The fraction of sp³-hybridized carbons (Fsp3) is 0.500. The number of likely N-dealkylation sites (tertiary alicyclic amines) is 1. The van der Waals surface area contributed by atoms with Gasteiger partial charge >= 0.3 is 0 Å². The molecule has 0 aromatic heterocycles. The Morgan fingerprint density at radius 3 is 2.78 bits per heavy atom. The van der Waals surface area contributed by atoms with Crippen molar-refractivity contribution in [2.75, 3.05) is 31.9 Å². The highest BCUT2D eigenvalue weighted by atomic mass is 16.1. The molecule has 98 valence electrons. The molecule has 1 aliphatic rings. The molecule has 0 bridgehead atoms. The van der Waals surface area contributed by atoms with Crippen LogP contribution in [0.5, 0.6) is 0 Å². The first kappa shape index (κ1) is 12.9. The Balaban J connectivity index is 1.83. The van der Waals surface area contributed by atoms with Gasteiger partial charge in [-0.2, -0.15) is 0 Å². The van der Waals surface area contributed by atoms with E-state index in [0.29, 0.717) is 17.8 Å². The number of carbonyl (C=O) groups is 1. The average molecular weight is 247 g/mol. The summed E-state index contributed by atoms with van der Waals surface area (Å²) in [6, 6.07) is 5.38. The van der Waals surface area contributed by atoms with E-state index in [9.17, 15) is 4.79 Å². The van der Waals surface area contributed by atoms with E-state index >= 15 is 0 Å². The fourth-order valence-electron chi connectivity index (χ4n) is 2.37. The molecule has 0 unspecified atom stereocenters. The number of amides is 1. The van der Waals surface area contributed by atoms with E-state index in [-0.39, 0.29) is 5.91 Å². The predicted octanol–water partition coefficient (Wildman–Crippen LogP) is 1.40. The first-order valence-corrected chi connectivity index (χ1v) is 6.53. The molecule has 0 atom stereocenters. The van der Waals surface area contributed by atoms with Gasteiger partial charge in [0.2, 0.25) is 0 Å². The van der Waals surface area contributed by atoms with Gasteiger partial charge in [-0.15, -0.1) is 0 Å². The summed E-state index contributed by atoms with van der Waals surface area (Å²) in [5.41, 5.74) is 8.01. The molecular formula is C14H21N3O. The lowest BCUT2D eigenvalue weighted by Crippen LogP contribution is -2.33. The molecule has 0 spiro atoms. The lowest BCUT2D eigenvalue weighted by atomic mass is 10.1. The van der Waals surface area contributed by atoms with E-state index in [1.54, 1.807) is 12.1 Å². The molecule has 1 aromatic rings. The van der Waals surface area contributed by atoms with Crippen molar-refractivity contribution in [2.45, 2.75) is 19.8 Å². The first-order valence-electron chi connectivity index (χ1n) is 6.53. The SMILES string of the molecule is Cc1cc(N)ccc1C(=O)NCCN1CCCC1. The van der Waals surface area contributed by atoms with Crippen LogP contribution in [-0.2, 0) is 0 Å². The summed E-state index contributed by atoms with van der Waals surface area (Å²) in [7, 11) is 0. The van der Waals surface area contributed by atoms with Gasteiger partial charge in [0, 0.05) is 24.3 Å². The minimum Gasteiger partial charge on any atom is -0.399 e. The summed E-state index contributed by atoms with van der Waals surface area (Å²) >= 11 is 0. The number of aryl methyl sites for hydroxylation is 1. The van der Waals surface area contributed by atoms with Crippen molar-refractivity contribution in [3.8, 4) is 0 Å². The van der Waals surface area contributed by atoms with Crippen LogP contribution in [0.3, 0.4) is 0 Å². The van der Waals surface area contributed by atoms with Crippen molar-refractivity contribution in [3.63, 3.8) is 0 Å². The van der Waals surface area contributed by atoms with Gasteiger partial charge in [0.1, 0.15) is 0 Å². The minimum absolute atomic E-state index is 0.00769. The van der Waals surface area contributed by atoms with Gasteiger partial charge in [0.25, 0.3) is 5.91 Å². The molecule has 1 amide bonds. The number of hydrogen-bond acceptors (Lipinski definition) is 3. The minimum atomic E-state index is -0.00769. The van der Waals surface area contributed by atoms with E-state index < -0.39 is 0 Å². The van der Waals surface area contributed by atoms with Gasteiger partial charge in [-0.3, -0.25) is 4.79 Å². The Morgan fingerprint density at radius 2 is 2.11 bits per heavy atom. The third-order valence-electron chi connectivity index (χ3n) is 3.41. The van der Waals surface area contributed by atoms with Gasteiger partial charge in [0.15, 0.2) is 0 Å². The highest BCUT2D eigenvalue weighted by Crippen LogP contribution is 2.12. The number of nitrogens with zero attached hydrogens (tertiary/aromatic N) is 1. The molecule has 0 radical (unpaired) electrons. The van der Waals surface area contributed by atoms with E-state index in [0.717, 1.165) is 25.2 Å². The van der Waals surface area contributed by atoms with Crippen molar-refractivity contribution >= 4 is 11.6 Å². The summed E-state index contributed by atoms with van der Waals surface area (Å²) < 4.78 is 0. The Morgan fingerprint density at radius 1 is 1.39 bits per heavy atom. The zero-order chi connectivity index (χ0) is 13.0. The van der Waals surface area contributed by atoms with E-state index in [4.69, 9.17) is 5.73 Å². The number of benzene rings is 1. The predicted molar refractivity (Wildman–Crippen MR) is 73.6 cm³/mol. The molecule has 0 saturated carbocycles. The zero-order valence-electron chi connectivity index (χ0n) is 10.9. The zero-order valence-corrected chi connectivity index (χ0v) is 10.9. The normalized spacial score (nSPS) is 15.8. The summed E-state index contributed by atoms with van der Waals surface area (Å²) in [6.45, 7) is 5.89. The maximum atomic E-state index is 12.0. The number of rotatable bonds is 4. The maximum Gasteiger partial charge on any atom is 0.251 e. The Hall–Kier alpha value is -1.55. The largest absolute Gasteiger partial charge is 0.399 e. The third-order valence-corrected chi connectivity index (χ3v) is 3.41. The third kappa shape index (κ3) is 3.23. The summed E-state index contributed by atoms with van der Waals surface area (Å²) in [4.78, 5) is 14.4. The number of hydrogen-bond donors (Lipinski definition) is 2. The molecule has 1 aromatic carbocycles. The van der Waals surface area contributed by atoms with Gasteiger partial charge in [-0.05, 0) is 56.6 Å². The van der Waals surface area contributed by atoms with Crippen LogP contribution in [0.1, 0.15) is 28.8 Å². The Labute approximate surface area is 108 Å². The molecule has 18 heavy (non-hydrogen) atoms. The van der Waals surface area contributed by atoms with Crippen LogP contribution in [0.25, 0.3) is 0 Å². The highest BCUT2D eigenvalue weighted by Gasteiger charge is 2.12. The maximum absolute atomic E-state index is 12.0. The van der Waals surface area contributed by atoms with Crippen molar-refractivity contribution in [1.82, 2.24) is 10.2 Å². The van der Waals surface area contributed by atoms with Crippen LogP contribution in [0.4, 0.5) is 5.69 Å². The van der Waals surface area contributed by atoms with Gasteiger partial charge < -0.3 is 16.0 Å². The molecule has 4 nitrogen and oxygen atoms in total. The second kappa shape index (κ2) is 5.87. The van der Waals surface area contributed by atoms with Crippen molar-refractivity contribution < 1.29 is 4.79 Å². The quantitative estimate of drug-likeness (QED) is 0.791. The van der Waals surface area contributed by atoms with E-state index in [1.807, 2.05) is 13.0 Å². The monoisotopic (exact) mass is 247 g/mol. The van der Waals surface area contributed by atoms with Crippen LogP contribution < -0.4 is 11.1 Å². The topological polar surface area (TPSA) is 58.4 Å². The molecule has 3 N–H and O–H groups in total. The molecule has 4 heteroatoms. The van der Waals surface area contributed by atoms with Gasteiger partial charge in [-0.1, -0.05) is 0 Å². The lowest BCUT2D eigenvalue weighted by Gasteiger charge is -2.15. The molecule has 2 rings (SSSR count).